The number of nitrogens with one attached hydrogen (secondary N) is 1. The van der Waals surface area contributed by atoms with Crippen molar-refractivity contribution < 1.29 is 4.74 Å². The summed E-state index contributed by atoms with van der Waals surface area (Å²) < 4.78 is 6.78. The molecule has 4 heteroatoms. The van der Waals surface area contributed by atoms with Crippen LogP contribution in [0.3, 0.4) is 0 Å². The standard InChI is InChI=1S/C15H15BrN2O/c1-10-2-7-14(13(8-10)15(17)18)19-9-11-3-5-12(16)6-4-11/h2-8H,9H2,1H3,(H3,17,18). The van der Waals surface area contributed by atoms with Crippen molar-refractivity contribution in [2.24, 2.45) is 5.73 Å². The van der Waals surface area contributed by atoms with Crippen molar-refractivity contribution in [3.8, 4) is 5.75 Å². The molecule has 0 fully saturated rings. The van der Waals surface area contributed by atoms with Gasteiger partial charge in [0, 0.05) is 4.47 Å². The SMILES string of the molecule is Cc1ccc(OCc2ccc(Br)cc2)c(C(=N)N)c1. The Bertz CT molecular complexity index is 594. The first kappa shape index (κ1) is 13.6. The maximum absolute atomic E-state index is 7.58. The summed E-state index contributed by atoms with van der Waals surface area (Å²) in [6, 6.07) is 13.6. The zero-order valence-electron chi connectivity index (χ0n) is 10.6. The van der Waals surface area contributed by atoms with E-state index >= 15 is 0 Å². The lowest BCUT2D eigenvalue weighted by Crippen LogP contribution is -2.13. The number of rotatable bonds is 4. The number of aryl methyl sites for hydroxylation is 1. The predicted molar refractivity (Wildman–Crippen MR) is 80.7 cm³/mol. The third-order valence-corrected chi connectivity index (χ3v) is 3.26. The summed E-state index contributed by atoms with van der Waals surface area (Å²) in [6.07, 6.45) is 0. The zero-order valence-corrected chi connectivity index (χ0v) is 12.2. The lowest BCUT2D eigenvalue weighted by molar-refractivity contribution is 0.305. The molecule has 3 nitrogen and oxygen atoms in total. The molecule has 0 heterocycles. The van der Waals surface area contributed by atoms with Crippen LogP contribution in [0, 0.1) is 12.3 Å². The number of nitrogen functional groups attached to an aromatic ring is 1. The third kappa shape index (κ3) is 3.58. The summed E-state index contributed by atoms with van der Waals surface area (Å²) in [7, 11) is 0. The number of amidine groups is 1. The third-order valence-electron chi connectivity index (χ3n) is 2.73. The molecule has 0 spiro atoms. The van der Waals surface area contributed by atoms with Crippen LogP contribution in [0.4, 0.5) is 0 Å². The number of nitrogens with two attached hydrogens (primary N) is 1. The van der Waals surface area contributed by atoms with Crippen LogP contribution in [-0.4, -0.2) is 5.84 Å². The van der Waals surface area contributed by atoms with Gasteiger partial charge in [0.1, 0.15) is 18.2 Å². The van der Waals surface area contributed by atoms with E-state index in [4.69, 9.17) is 15.9 Å². The fraction of sp³-hybridized carbons (Fsp3) is 0.133. The molecular weight excluding hydrogens is 304 g/mol. The minimum atomic E-state index is 0.0227. The zero-order chi connectivity index (χ0) is 13.8. The molecule has 0 amide bonds. The van der Waals surface area contributed by atoms with Gasteiger partial charge in [-0.2, -0.15) is 0 Å². The topological polar surface area (TPSA) is 59.1 Å². The van der Waals surface area contributed by atoms with E-state index in [1.807, 2.05) is 49.4 Å². The van der Waals surface area contributed by atoms with Gasteiger partial charge in [-0.05, 0) is 36.8 Å². The first-order valence-corrected chi connectivity index (χ1v) is 6.68. The summed E-state index contributed by atoms with van der Waals surface area (Å²) in [5.74, 6) is 0.663. The molecule has 0 aliphatic heterocycles. The summed E-state index contributed by atoms with van der Waals surface area (Å²) >= 11 is 3.39. The van der Waals surface area contributed by atoms with E-state index in [0.717, 1.165) is 15.6 Å². The minimum absolute atomic E-state index is 0.0227. The van der Waals surface area contributed by atoms with E-state index < -0.39 is 0 Å². The van der Waals surface area contributed by atoms with Crippen molar-refractivity contribution in [3.05, 3.63) is 63.6 Å². The Kier molecular flexibility index (Phi) is 4.22. The van der Waals surface area contributed by atoms with Gasteiger partial charge in [0.2, 0.25) is 0 Å². The Labute approximate surface area is 121 Å². The van der Waals surface area contributed by atoms with Gasteiger partial charge < -0.3 is 10.5 Å². The lowest BCUT2D eigenvalue weighted by Gasteiger charge is -2.11. The van der Waals surface area contributed by atoms with Gasteiger partial charge in [0.25, 0.3) is 0 Å². The van der Waals surface area contributed by atoms with Crippen LogP contribution in [0.1, 0.15) is 16.7 Å². The second kappa shape index (κ2) is 5.89. The second-order valence-corrected chi connectivity index (χ2v) is 5.24. The van der Waals surface area contributed by atoms with Gasteiger partial charge in [-0.25, -0.2) is 0 Å². The Morgan fingerprint density at radius 3 is 2.53 bits per heavy atom. The second-order valence-electron chi connectivity index (χ2n) is 4.33. The van der Waals surface area contributed by atoms with Crippen molar-refractivity contribution in [1.29, 1.82) is 5.41 Å². The molecule has 0 aromatic heterocycles. The molecule has 2 aromatic carbocycles. The van der Waals surface area contributed by atoms with Crippen molar-refractivity contribution in [3.63, 3.8) is 0 Å². The van der Waals surface area contributed by atoms with Gasteiger partial charge in [-0.3, -0.25) is 5.41 Å². The Hall–Kier alpha value is -1.81. The first-order valence-electron chi connectivity index (χ1n) is 5.88. The maximum atomic E-state index is 7.58. The summed E-state index contributed by atoms with van der Waals surface area (Å²) in [4.78, 5) is 0. The highest BCUT2D eigenvalue weighted by Gasteiger charge is 2.07. The Balaban J connectivity index is 2.15. The monoisotopic (exact) mass is 318 g/mol. The molecule has 0 saturated carbocycles. The number of hydrogen-bond acceptors (Lipinski definition) is 2. The van der Waals surface area contributed by atoms with E-state index in [1.54, 1.807) is 0 Å². The summed E-state index contributed by atoms with van der Waals surface area (Å²) in [5, 5.41) is 7.58. The van der Waals surface area contributed by atoms with Crippen molar-refractivity contribution in [2.45, 2.75) is 13.5 Å². The Morgan fingerprint density at radius 1 is 1.21 bits per heavy atom. The lowest BCUT2D eigenvalue weighted by atomic mass is 10.1. The van der Waals surface area contributed by atoms with Gasteiger partial charge in [0.05, 0.1) is 5.56 Å². The molecule has 0 radical (unpaired) electrons. The van der Waals surface area contributed by atoms with E-state index in [1.165, 1.54) is 0 Å². The van der Waals surface area contributed by atoms with E-state index in [9.17, 15) is 0 Å². The smallest absolute Gasteiger partial charge is 0.130 e. The quantitative estimate of drug-likeness (QED) is 0.668. The molecule has 3 N–H and O–H groups in total. The van der Waals surface area contributed by atoms with Gasteiger partial charge in [0.15, 0.2) is 0 Å². The fourth-order valence-electron chi connectivity index (χ4n) is 1.72. The predicted octanol–water partition coefficient (Wildman–Crippen LogP) is 3.62. The summed E-state index contributed by atoms with van der Waals surface area (Å²) in [6.45, 7) is 2.42. The molecule has 98 valence electrons. The summed E-state index contributed by atoms with van der Waals surface area (Å²) in [5.41, 5.74) is 8.33. The number of benzene rings is 2. The number of hydrogen-bond donors (Lipinski definition) is 2. The van der Waals surface area contributed by atoms with Crippen LogP contribution in [0.2, 0.25) is 0 Å². The normalized spacial score (nSPS) is 10.2. The largest absolute Gasteiger partial charge is 0.488 e. The van der Waals surface area contributed by atoms with Crippen LogP contribution in [0.25, 0.3) is 0 Å². The van der Waals surface area contributed by atoms with Crippen molar-refractivity contribution >= 4 is 21.8 Å². The highest BCUT2D eigenvalue weighted by atomic mass is 79.9. The molecular formula is C15H15BrN2O. The number of halogens is 1. The molecule has 2 rings (SSSR count). The average molecular weight is 319 g/mol. The van der Waals surface area contributed by atoms with Gasteiger partial charge >= 0.3 is 0 Å². The average Bonchev–Trinajstić information content (AvgIpc) is 2.39. The molecule has 0 unspecified atom stereocenters. The molecule has 0 aliphatic rings. The van der Waals surface area contributed by atoms with Crippen LogP contribution in [0.15, 0.2) is 46.9 Å². The first-order chi connectivity index (χ1) is 9.06. The van der Waals surface area contributed by atoms with Crippen molar-refractivity contribution in [2.75, 3.05) is 0 Å². The van der Waals surface area contributed by atoms with E-state index in [2.05, 4.69) is 15.9 Å². The molecule has 19 heavy (non-hydrogen) atoms. The van der Waals surface area contributed by atoms with Gasteiger partial charge in [-0.1, -0.05) is 39.7 Å². The fourth-order valence-corrected chi connectivity index (χ4v) is 1.99. The van der Waals surface area contributed by atoms with E-state index in [-0.39, 0.29) is 5.84 Å². The molecule has 0 bridgehead atoms. The Morgan fingerprint density at radius 2 is 1.89 bits per heavy atom. The van der Waals surface area contributed by atoms with Crippen LogP contribution >= 0.6 is 15.9 Å². The van der Waals surface area contributed by atoms with Crippen LogP contribution in [-0.2, 0) is 6.61 Å². The maximum Gasteiger partial charge on any atom is 0.130 e. The minimum Gasteiger partial charge on any atom is -0.488 e. The highest BCUT2D eigenvalue weighted by molar-refractivity contribution is 9.10. The van der Waals surface area contributed by atoms with Crippen LogP contribution in [0.5, 0.6) is 5.75 Å². The highest BCUT2D eigenvalue weighted by Crippen LogP contribution is 2.21. The van der Waals surface area contributed by atoms with Crippen LogP contribution < -0.4 is 10.5 Å². The molecule has 0 saturated heterocycles. The van der Waals surface area contributed by atoms with Crippen molar-refractivity contribution in [1.82, 2.24) is 0 Å². The van der Waals surface area contributed by atoms with E-state index in [0.29, 0.717) is 17.9 Å². The van der Waals surface area contributed by atoms with Gasteiger partial charge in [-0.15, -0.1) is 0 Å². The molecule has 2 aromatic rings. The molecule has 0 aliphatic carbocycles. The molecule has 0 atom stereocenters. The number of ether oxygens (including phenoxy) is 1.